The van der Waals surface area contributed by atoms with Crippen molar-refractivity contribution in [1.29, 1.82) is 0 Å². The second-order valence-electron chi connectivity index (χ2n) is 8.67. The van der Waals surface area contributed by atoms with Crippen LogP contribution in [0.15, 0.2) is 65.6 Å². The van der Waals surface area contributed by atoms with Crippen LogP contribution in [0.2, 0.25) is 0 Å². The zero-order chi connectivity index (χ0) is 26.0. The van der Waals surface area contributed by atoms with Gasteiger partial charge in [-0.05, 0) is 60.9 Å². The number of nitrogens with zero attached hydrogens (tertiary/aromatic N) is 1. The van der Waals surface area contributed by atoms with Gasteiger partial charge >= 0.3 is 0 Å². The minimum atomic E-state index is -3.98. The molecule has 4 rings (SSSR count). The van der Waals surface area contributed by atoms with Crippen LogP contribution in [0, 0.1) is 13.8 Å². The molecule has 0 spiro atoms. The molecule has 0 fully saturated rings. The van der Waals surface area contributed by atoms with Crippen LogP contribution in [0.25, 0.3) is 0 Å². The number of methoxy groups -OCH3 is 2. The van der Waals surface area contributed by atoms with E-state index in [-0.39, 0.29) is 23.5 Å². The summed E-state index contributed by atoms with van der Waals surface area (Å²) in [4.78, 5) is 27.7. The van der Waals surface area contributed by atoms with Crippen molar-refractivity contribution in [2.45, 2.75) is 30.4 Å². The number of benzene rings is 3. The summed E-state index contributed by atoms with van der Waals surface area (Å²) < 4.78 is 38.2. The van der Waals surface area contributed by atoms with Gasteiger partial charge in [-0.3, -0.25) is 9.59 Å². The second-order valence-corrected chi connectivity index (χ2v) is 10.8. The van der Waals surface area contributed by atoms with Crippen molar-refractivity contribution in [3.05, 3.63) is 77.4 Å². The minimum Gasteiger partial charge on any atom is -0.493 e. The Bertz CT molecular complexity index is 1430. The molecule has 0 aliphatic carbocycles. The third-order valence-corrected chi connectivity index (χ3v) is 8.39. The first-order valence-electron chi connectivity index (χ1n) is 11.4. The van der Waals surface area contributed by atoms with Gasteiger partial charge < -0.3 is 19.7 Å². The molecule has 0 saturated carbocycles. The number of carbonyl (C=O) groups excluding carboxylic acids is 2. The molecule has 1 unspecified atom stereocenters. The summed E-state index contributed by atoms with van der Waals surface area (Å²) in [6, 6.07) is 16.8. The number of carbonyl (C=O) groups is 2. The first kappa shape index (κ1) is 25.2. The first-order chi connectivity index (χ1) is 17.1. The van der Waals surface area contributed by atoms with Crippen molar-refractivity contribution in [3.8, 4) is 11.5 Å². The highest BCUT2D eigenvalue weighted by Gasteiger charge is 2.40. The third kappa shape index (κ3) is 4.79. The average Bonchev–Trinajstić information content (AvgIpc) is 2.94. The Morgan fingerprint density at radius 3 is 2.44 bits per heavy atom. The van der Waals surface area contributed by atoms with Crippen LogP contribution < -0.4 is 19.7 Å². The monoisotopic (exact) mass is 508 g/mol. The molecule has 0 bridgehead atoms. The van der Waals surface area contributed by atoms with E-state index in [1.54, 1.807) is 36.4 Å². The summed E-state index contributed by atoms with van der Waals surface area (Å²) in [6.45, 7) is 3.47. The van der Waals surface area contributed by atoms with Crippen LogP contribution in [0.3, 0.4) is 0 Å². The molecule has 3 aromatic carbocycles. The molecule has 0 aromatic heterocycles. The third-order valence-electron chi connectivity index (χ3n) is 6.25. The number of fused-ring (bicyclic) bond motifs is 1. The predicted octanol–water partition coefficient (Wildman–Crippen LogP) is 4.21. The van der Waals surface area contributed by atoms with E-state index in [4.69, 9.17) is 9.47 Å². The molecular formula is C27H28N2O6S. The molecule has 1 aliphatic heterocycles. The summed E-state index contributed by atoms with van der Waals surface area (Å²) >= 11 is 0. The lowest BCUT2D eigenvalue weighted by atomic mass is 10.1. The number of aryl methyl sites for hydroxylation is 2. The van der Waals surface area contributed by atoms with E-state index in [1.165, 1.54) is 25.2 Å². The van der Waals surface area contributed by atoms with Crippen molar-refractivity contribution in [2.75, 3.05) is 31.0 Å². The highest BCUT2D eigenvalue weighted by Crippen LogP contribution is 2.42. The number of ether oxygens (including phenoxy) is 2. The first-order valence-corrected chi connectivity index (χ1v) is 12.9. The Labute approximate surface area is 210 Å². The van der Waals surface area contributed by atoms with Crippen LogP contribution in [-0.2, 0) is 19.4 Å². The van der Waals surface area contributed by atoms with Crippen LogP contribution in [0.5, 0.6) is 11.5 Å². The van der Waals surface area contributed by atoms with Gasteiger partial charge in [0, 0.05) is 12.1 Å². The Balaban J connectivity index is 1.72. The number of sulfone groups is 1. The van der Waals surface area contributed by atoms with Crippen molar-refractivity contribution in [2.24, 2.45) is 0 Å². The molecule has 8 nitrogen and oxygen atoms in total. The SMILES string of the molecule is COc1ccc(C2CC(=O)N(CC(=O)Nc3cc(C)ccc3C)c3ccccc3S2(=O)=O)cc1OC. The minimum absolute atomic E-state index is 0.00447. The largest absolute Gasteiger partial charge is 0.493 e. The average molecular weight is 509 g/mol. The molecular weight excluding hydrogens is 480 g/mol. The van der Waals surface area contributed by atoms with E-state index in [0.29, 0.717) is 22.7 Å². The quantitative estimate of drug-likeness (QED) is 0.535. The van der Waals surface area contributed by atoms with Crippen molar-refractivity contribution in [3.63, 3.8) is 0 Å². The fourth-order valence-corrected chi connectivity index (χ4v) is 6.23. The van der Waals surface area contributed by atoms with Crippen molar-refractivity contribution >= 4 is 33.0 Å². The Kier molecular flexibility index (Phi) is 7.03. The van der Waals surface area contributed by atoms with Gasteiger partial charge in [0.15, 0.2) is 21.3 Å². The number of para-hydroxylation sites is 1. The highest BCUT2D eigenvalue weighted by molar-refractivity contribution is 7.92. The highest BCUT2D eigenvalue weighted by atomic mass is 32.2. The normalized spacial score (nSPS) is 16.6. The smallest absolute Gasteiger partial charge is 0.244 e. The lowest BCUT2D eigenvalue weighted by Crippen LogP contribution is -2.38. The molecule has 188 valence electrons. The van der Waals surface area contributed by atoms with Gasteiger partial charge in [0.05, 0.1) is 30.1 Å². The van der Waals surface area contributed by atoms with Gasteiger partial charge in [0.25, 0.3) is 0 Å². The van der Waals surface area contributed by atoms with Gasteiger partial charge in [-0.15, -0.1) is 0 Å². The number of hydrogen-bond donors (Lipinski definition) is 1. The van der Waals surface area contributed by atoms with Crippen molar-refractivity contribution < 1.29 is 27.5 Å². The van der Waals surface area contributed by atoms with E-state index in [0.717, 1.165) is 11.1 Å². The molecule has 1 aliphatic rings. The molecule has 9 heteroatoms. The number of anilines is 2. The zero-order valence-corrected chi connectivity index (χ0v) is 21.4. The Hall–Kier alpha value is -3.85. The summed E-state index contributed by atoms with van der Waals surface area (Å²) in [6.07, 6.45) is -0.330. The molecule has 1 atom stereocenters. The number of hydrogen-bond acceptors (Lipinski definition) is 6. The molecule has 3 aromatic rings. The van der Waals surface area contributed by atoms with E-state index in [9.17, 15) is 18.0 Å². The van der Waals surface area contributed by atoms with Gasteiger partial charge in [-0.2, -0.15) is 0 Å². The fourth-order valence-electron chi connectivity index (χ4n) is 4.31. The van der Waals surface area contributed by atoms with Crippen LogP contribution in [0.1, 0.15) is 28.4 Å². The van der Waals surface area contributed by atoms with Gasteiger partial charge in [-0.1, -0.05) is 30.3 Å². The second kappa shape index (κ2) is 10.0. The Morgan fingerprint density at radius 1 is 1.00 bits per heavy atom. The summed E-state index contributed by atoms with van der Waals surface area (Å²) in [5, 5.41) is 1.69. The van der Waals surface area contributed by atoms with E-state index >= 15 is 0 Å². The van der Waals surface area contributed by atoms with Gasteiger partial charge in [0.1, 0.15) is 6.54 Å². The molecule has 0 radical (unpaired) electrons. The van der Waals surface area contributed by atoms with Crippen LogP contribution >= 0.6 is 0 Å². The number of rotatable bonds is 6. The topological polar surface area (TPSA) is 102 Å². The summed E-state index contributed by atoms with van der Waals surface area (Å²) in [7, 11) is -1.04. The fraction of sp³-hybridized carbons (Fsp3) is 0.259. The van der Waals surface area contributed by atoms with Crippen LogP contribution in [0.4, 0.5) is 11.4 Å². The molecule has 1 heterocycles. The predicted molar refractivity (Wildman–Crippen MR) is 137 cm³/mol. The van der Waals surface area contributed by atoms with Gasteiger partial charge in [-0.25, -0.2) is 8.42 Å². The number of nitrogens with one attached hydrogen (secondary N) is 1. The van der Waals surface area contributed by atoms with E-state index in [2.05, 4.69) is 5.32 Å². The van der Waals surface area contributed by atoms with Crippen molar-refractivity contribution in [1.82, 2.24) is 0 Å². The maximum Gasteiger partial charge on any atom is 0.244 e. The summed E-state index contributed by atoms with van der Waals surface area (Å²) in [5.74, 6) is -0.0862. The zero-order valence-electron chi connectivity index (χ0n) is 20.6. The molecule has 2 amide bonds. The molecule has 0 saturated heterocycles. The van der Waals surface area contributed by atoms with Gasteiger partial charge in [0.2, 0.25) is 11.8 Å². The van der Waals surface area contributed by atoms with E-state index in [1.807, 2.05) is 32.0 Å². The van der Waals surface area contributed by atoms with Crippen LogP contribution in [-0.4, -0.2) is 41.0 Å². The maximum absolute atomic E-state index is 13.8. The number of amides is 2. The maximum atomic E-state index is 13.8. The summed E-state index contributed by atoms with van der Waals surface area (Å²) in [5.41, 5.74) is 3.09. The van der Waals surface area contributed by atoms with E-state index < -0.39 is 26.9 Å². The lowest BCUT2D eigenvalue weighted by Gasteiger charge is -2.22. The standard InChI is InChI=1S/C27H28N2O6S/c1-17-9-10-18(2)20(13-17)28-26(30)16-29-21-7-5-6-8-24(21)36(32,33)25(15-27(29)31)19-11-12-22(34-3)23(14-19)35-4/h5-14,25H,15-16H2,1-4H3,(H,28,30). The molecule has 1 N–H and O–H groups in total. The molecule has 36 heavy (non-hydrogen) atoms. The Morgan fingerprint density at radius 2 is 1.72 bits per heavy atom. The lowest BCUT2D eigenvalue weighted by molar-refractivity contribution is -0.121.